The molecule has 0 bridgehead atoms. The van der Waals surface area contributed by atoms with Crippen LogP contribution in [0.15, 0.2) is 60.8 Å². The average Bonchev–Trinajstić information content (AvgIpc) is 3.05. The highest BCUT2D eigenvalue weighted by molar-refractivity contribution is 6.30. The summed E-state index contributed by atoms with van der Waals surface area (Å²) in [5.41, 5.74) is 2.95. The molecule has 1 amide bonds. The zero-order chi connectivity index (χ0) is 18.5. The van der Waals surface area contributed by atoms with Gasteiger partial charge >= 0.3 is 0 Å². The fourth-order valence-corrected chi connectivity index (χ4v) is 2.72. The lowest BCUT2D eigenvalue weighted by Crippen LogP contribution is -2.30. The highest BCUT2D eigenvalue weighted by Gasteiger charge is 2.18. The zero-order valence-electron chi connectivity index (χ0n) is 14.4. The van der Waals surface area contributed by atoms with Crippen LogP contribution in [-0.4, -0.2) is 33.4 Å². The number of benzene rings is 2. The highest BCUT2D eigenvalue weighted by atomic mass is 35.5. The van der Waals surface area contributed by atoms with Gasteiger partial charge in [-0.3, -0.25) is 9.48 Å². The van der Waals surface area contributed by atoms with Gasteiger partial charge in [0.05, 0.1) is 18.2 Å². The van der Waals surface area contributed by atoms with Crippen LogP contribution in [0.1, 0.15) is 22.8 Å². The van der Waals surface area contributed by atoms with Gasteiger partial charge < -0.3 is 10.4 Å². The molecule has 0 fully saturated rings. The quantitative estimate of drug-likeness (QED) is 0.700. The number of nitrogens with one attached hydrogen (secondary N) is 1. The Bertz CT molecular complexity index is 874. The summed E-state index contributed by atoms with van der Waals surface area (Å²) in [6, 6.07) is 17.1. The number of carbonyl (C=O) groups excluding carboxylic acids is 1. The minimum atomic E-state index is -0.614. The molecule has 0 radical (unpaired) electrons. The number of aromatic nitrogens is 2. The van der Waals surface area contributed by atoms with Crippen molar-refractivity contribution >= 4 is 17.5 Å². The second-order valence-electron chi connectivity index (χ2n) is 6.14. The third kappa shape index (κ3) is 4.50. The van der Waals surface area contributed by atoms with Crippen LogP contribution in [0.25, 0.3) is 11.3 Å². The fraction of sp³-hybridized carbons (Fsp3) is 0.200. The molecular weight excluding hydrogens is 350 g/mol. The van der Waals surface area contributed by atoms with Gasteiger partial charge in [0.1, 0.15) is 5.69 Å². The van der Waals surface area contributed by atoms with Gasteiger partial charge in [-0.05, 0) is 24.6 Å². The molecule has 0 aliphatic carbocycles. The minimum Gasteiger partial charge on any atom is -0.392 e. The predicted molar refractivity (Wildman–Crippen MR) is 102 cm³/mol. The van der Waals surface area contributed by atoms with Gasteiger partial charge in [0.15, 0.2) is 0 Å². The predicted octanol–water partition coefficient (Wildman–Crippen LogP) is 3.36. The molecule has 3 rings (SSSR count). The Kier molecular flexibility index (Phi) is 5.71. The lowest BCUT2D eigenvalue weighted by molar-refractivity contribution is 0.0924. The van der Waals surface area contributed by atoms with Crippen molar-refractivity contribution in [3.63, 3.8) is 0 Å². The number of nitrogens with zero attached hydrogens (tertiary/aromatic N) is 2. The smallest absolute Gasteiger partial charge is 0.255 e. The van der Waals surface area contributed by atoms with Crippen molar-refractivity contribution < 1.29 is 9.90 Å². The normalized spacial score (nSPS) is 12.0. The first-order valence-electron chi connectivity index (χ1n) is 8.36. The number of hydrogen-bond acceptors (Lipinski definition) is 3. The number of amides is 1. The molecule has 0 spiro atoms. The van der Waals surface area contributed by atoms with Crippen LogP contribution < -0.4 is 5.32 Å². The lowest BCUT2D eigenvalue weighted by Gasteiger charge is -2.07. The van der Waals surface area contributed by atoms with Gasteiger partial charge in [-0.1, -0.05) is 54.1 Å². The number of halogens is 1. The van der Waals surface area contributed by atoms with Gasteiger partial charge in [-0.25, -0.2) is 0 Å². The topological polar surface area (TPSA) is 67.2 Å². The van der Waals surface area contributed by atoms with Crippen molar-refractivity contribution in [2.24, 2.45) is 0 Å². The summed E-state index contributed by atoms with van der Waals surface area (Å²) in [6.07, 6.45) is 1.12. The van der Waals surface area contributed by atoms with E-state index in [1.54, 1.807) is 29.9 Å². The second-order valence-corrected chi connectivity index (χ2v) is 6.58. The van der Waals surface area contributed by atoms with Crippen molar-refractivity contribution in [2.75, 3.05) is 6.54 Å². The van der Waals surface area contributed by atoms with E-state index < -0.39 is 6.10 Å². The van der Waals surface area contributed by atoms with Gasteiger partial charge in [-0.15, -0.1) is 0 Å². The van der Waals surface area contributed by atoms with Crippen LogP contribution in [0.4, 0.5) is 0 Å². The Morgan fingerprint density at radius 1 is 1.19 bits per heavy atom. The van der Waals surface area contributed by atoms with E-state index in [0.29, 0.717) is 22.8 Å². The van der Waals surface area contributed by atoms with Crippen LogP contribution in [-0.2, 0) is 6.54 Å². The first-order chi connectivity index (χ1) is 12.5. The Morgan fingerprint density at radius 3 is 2.54 bits per heavy atom. The molecule has 0 aliphatic heterocycles. The van der Waals surface area contributed by atoms with Crippen molar-refractivity contribution in [3.8, 4) is 11.3 Å². The molecule has 2 aromatic carbocycles. The third-order valence-electron chi connectivity index (χ3n) is 3.87. The standard InChI is InChI=1S/C20H20ClN3O2/c1-14(25)11-22-20(26)18-13-24(12-15-5-3-2-4-6-15)23-19(18)16-7-9-17(21)10-8-16/h2-10,13-14,25H,11-12H2,1H3,(H,22,26). The Hall–Kier alpha value is -2.63. The minimum absolute atomic E-state index is 0.183. The summed E-state index contributed by atoms with van der Waals surface area (Å²) >= 11 is 5.97. The van der Waals surface area contributed by atoms with Crippen molar-refractivity contribution in [1.29, 1.82) is 0 Å². The molecule has 1 unspecified atom stereocenters. The van der Waals surface area contributed by atoms with E-state index in [-0.39, 0.29) is 12.5 Å². The van der Waals surface area contributed by atoms with Crippen molar-refractivity contribution in [2.45, 2.75) is 19.6 Å². The molecule has 2 N–H and O–H groups in total. The van der Waals surface area contributed by atoms with Crippen LogP contribution in [0.2, 0.25) is 5.02 Å². The van der Waals surface area contributed by atoms with E-state index in [1.165, 1.54) is 0 Å². The van der Waals surface area contributed by atoms with E-state index in [1.807, 2.05) is 42.5 Å². The molecule has 0 saturated heterocycles. The third-order valence-corrected chi connectivity index (χ3v) is 4.12. The van der Waals surface area contributed by atoms with E-state index in [9.17, 15) is 9.90 Å². The Labute approximate surface area is 157 Å². The maximum atomic E-state index is 12.6. The molecule has 5 nitrogen and oxygen atoms in total. The molecule has 0 saturated carbocycles. The number of carbonyl (C=O) groups is 1. The summed E-state index contributed by atoms with van der Waals surface area (Å²) in [7, 11) is 0. The maximum absolute atomic E-state index is 12.6. The zero-order valence-corrected chi connectivity index (χ0v) is 15.1. The number of rotatable bonds is 6. The van der Waals surface area contributed by atoms with Gasteiger partial charge in [-0.2, -0.15) is 5.10 Å². The van der Waals surface area contributed by atoms with E-state index in [2.05, 4.69) is 10.4 Å². The van der Waals surface area contributed by atoms with Crippen molar-refractivity contribution in [1.82, 2.24) is 15.1 Å². The van der Waals surface area contributed by atoms with Gasteiger partial charge in [0, 0.05) is 23.3 Å². The van der Waals surface area contributed by atoms with E-state index in [0.717, 1.165) is 11.1 Å². The summed E-state index contributed by atoms with van der Waals surface area (Å²) in [5.74, 6) is -0.268. The highest BCUT2D eigenvalue weighted by Crippen LogP contribution is 2.24. The molecule has 26 heavy (non-hydrogen) atoms. The van der Waals surface area contributed by atoms with Crippen LogP contribution >= 0.6 is 11.6 Å². The molecule has 6 heteroatoms. The summed E-state index contributed by atoms with van der Waals surface area (Å²) in [5, 5.41) is 17.4. The van der Waals surface area contributed by atoms with Crippen LogP contribution in [0.3, 0.4) is 0 Å². The van der Waals surface area contributed by atoms with Crippen LogP contribution in [0.5, 0.6) is 0 Å². The molecule has 1 atom stereocenters. The first kappa shape index (κ1) is 18.2. The molecule has 1 aromatic heterocycles. The Balaban J connectivity index is 1.94. The maximum Gasteiger partial charge on any atom is 0.255 e. The number of aliphatic hydroxyl groups excluding tert-OH is 1. The molecule has 1 heterocycles. The van der Waals surface area contributed by atoms with E-state index in [4.69, 9.17) is 11.6 Å². The van der Waals surface area contributed by atoms with Gasteiger partial charge in [0.25, 0.3) is 5.91 Å². The average molecular weight is 370 g/mol. The fourth-order valence-electron chi connectivity index (χ4n) is 2.60. The summed E-state index contributed by atoms with van der Waals surface area (Å²) < 4.78 is 1.75. The van der Waals surface area contributed by atoms with Crippen LogP contribution in [0, 0.1) is 0 Å². The number of hydrogen-bond donors (Lipinski definition) is 2. The number of aliphatic hydroxyl groups is 1. The summed E-state index contributed by atoms with van der Waals surface area (Å²) in [4.78, 5) is 12.6. The SMILES string of the molecule is CC(O)CNC(=O)c1cn(Cc2ccccc2)nc1-c1ccc(Cl)cc1. The molecule has 0 aliphatic rings. The monoisotopic (exact) mass is 369 g/mol. The summed E-state index contributed by atoms with van der Waals surface area (Å²) in [6.45, 7) is 2.37. The molecule has 134 valence electrons. The first-order valence-corrected chi connectivity index (χ1v) is 8.74. The second kappa shape index (κ2) is 8.17. The van der Waals surface area contributed by atoms with Gasteiger partial charge in [0.2, 0.25) is 0 Å². The molecule has 3 aromatic rings. The van der Waals surface area contributed by atoms with E-state index >= 15 is 0 Å². The molecular formula is C20H20ClN3O2. The largest absolute Gasteiger partial charge is 0.392 e. The Morgan fingerprint density at radius 2 is 1.88 bits per heavy atom. The lowest BCUT2D eigenvalue weighted by atomic mass is 10.1. The van der Waals surface area contributed by atoms with Crippen molar-refractivity contribution in [3.05, 3.63) is 76.9 Å².